The van der Waals surface area contributed by atoms with E-state index in [-0.39, 0.29) is 23.7 Å². The number of fused-ring (bicyclic) bond motifs is 1. The molecule has 11 nitrogen and oxygen atoms in total. The molecular formula is C21H18F2N8O3. The van der Waals surface area contributed by atoms with Crippen molar-refractivity contribution in [2.45, 2.75) is 20.0 Å². The second-order valence-corrected chi connectivity index (χ2v) is 7.56. The van der Waals surface area contributed by atoms with Crippen molar-refractivity contribution in [1.29, 1.82) is 0 Å². The highest BCUT2D eigenvalue weighted by Crippen LogP contribution is 2.24. The number of urea groups is 1. The number of anilines is 1. The molecule has 2 aliphatic heterocycles. The minimum Gasteiger partial charge on any atom is -0.470 e. The maximum atomic E-state index is 12.8. The van der Waals surface area contributed by atoms with Gasteiger partial charge in [-0.15, -0.1) is 15.3 Å². The molecule has 0 radical (unpaired) electrons. The Bertz CT molecular complexity index is 1270. The SMILES string of the molecule is Cc1nnn(-c2ccc(C(F)F)cc2)c1COc1ccc(N2C=C3C(=O)NC(=O)N3CC2)nn1. The van der Waals surface area contributed by atoms with Gasteiger partial charge < -0.3 is 9.64 Å². The van der Waals surface area contributed by atoms with Crippen LogP contribution < -0.4 is 15.0 Å². The zero-order chi connectivity index (χ0) is 23.8. The molecule has 0 unspecified atom stereocenters. The number of hydrogen-bond donors (Lipinski definition) is 1. The van der Waals surface area contributed by atoms with E-state index in [0.717, 1.165) is 0 Å². The number of halogens is 2. The van der Waals surface area contributed by atoms with Crippen LogP contribution in [0.1, 0.15) is 23.4 Å². The highest BCUT2D eigenvalue weighted by molar-refractivity contribution is 6.12. The third kappa shape index (κ3) is 3.91. The predicted molar refractivity (Wildman–Crippen MR) is 113 cm³/mol. The average molecular weight is 468 g/mol. The van der Waals surface area contributed by atoms with Crippen LogP contribution in [0.2, 0.25) is 0 Å². The summed E-state index contributed by atoms with van der Waals surface area (Å²) in [7, 11) is 0. The molecule has 1 saturated heterocycles. The van der Waals surface area contributed by atoms with Gasteiger partial charge in [-0.2, -0.15) is 0 Å². The molecule has 0 aliphatic carbocycles. The summed E-state index contributed by atoms with van der Waals surface area (Å²) in [6.45, 7) is 2.64. The third-order valence-corrected chi connectivity index (χ3v) is 5.46. The summed E-state index contributed by atoms with van der Waals surface area (Å²) < 4.78 is 32.9. The number of alkyl halides is 2. The molecule has 0 spiro atoms. The molecule has 2 aromatic heterocycles. The molecule has 1 aromatic carbocycles. The number of ether oxygens (including phenoxy) is 1. The first-order chi connectivity index (χ1) is 16.4. The van der Waals surface area contributed by atoms with Crippen molar-refractivity contribution in [2.75, 3.05) is 18.0 Å². The van der Waals surface area contributed by atoms with Crippen molar-refractivity contribution in [3.63, 3.8) is 0 Å². The summed E-state index contributed by atoms with van der Waals surface area (Å²) in [5.74, 6) is 0.296. The topological polar surface area (TPSA) is 118 Å². The lowest BCUT2D eigenvalue weighted by molar-refractivity contribution is -0.116. The van der Waals surface area contributed by atoms with E-state index in [0.29, 0.717) is 36.0 Å². The minimum absolute atomic E-state index is 0.0778. The van der Waals surface area contributed by atoms with E-state index >= 15 is 0 Å². The van der Waals surface area contributed by atoms with E-state index in [1.165, 1.54) is 21.7 Å². The average Bonchev–Trinajstić information content (AvgIpc) is 3.36. The quantitative estimate of drug-likeness (QED) is 0.547. The highest BCUT2D eigenvalue weighted by atomic mass is 19.3. The van der Waals surface area contributed by atoms with Crippen LogP contribution in [0.5, 0.6) is 5.88 Å². The number of rotatable bonds is 6. The van der Waals surface area contributed by atoms with E-state index in [1.54, 1.807) is 42.3 Å². The Balaban J connectivity index is 1.28. The maximum Gasteiger partial charge on any atom is 0.329 e. The van der Waals surface area contributed by atoms with Gasteiger partial charge in [-0.1, -0.05) is 17.3 Å². The van der Waals surface area contributed by atoms with Crippen molar-refractivity contribution >= 4 is 17.8 Å². The van der Waals surface area contributed by atoms with Crippen LogP contribution >= 0.6 is 0 Å². The van der Waals surface area contributed by atoms with Crippen molar-refractivity contribution in [3.05, 3.63) is 65.2 Å². The van der Waals surface area contributed by atoms with Crippen molar-refractivity contribution < 1.29 is 23.1 Å². The van der Waals surface area contributed by atoms with Gasteiger partial charge in [0, 0.05) is 30.9 Å². The number of nitrogens with one attached hydrogen (secondary N) is 1. The highest BCUT2D eigenvalue weighted by Gasteiger charge is 2.36. The monoisotopic (exact) mass is 468 g/mol. The number of carbonyl (C=O) groups excluding carboxylic acids is 2. The lowest BCUT2D eigenvalue weighted by Gasteiger charge is -2.28. The second kappa shape index (κ2) is 8.50. The van der Waals surface area contributed by atoms with Crippen LogP contribution in [0.25, 0.3) is 5.69 Å². The standard InChI is InChI=1S/C21H18F2N8O3/c1-12-16(31(28-25-12)14-4-2-13(3-5-14)19(22)23)11-34-18-7-6-17(26-27-18)29-8-9-30-15(10-29)20(32)24-21(30)33/h2-7,10,19H,8-9,11H2,1H3,(H,24,32,33). The fourth-order valence-electron chi connectivity index (χ4n) is 3.61. The first-order valence-corrected chi connectivity index (χ1v) is 10.3. The lowest BCUT2D eigenvalue weighted by atomic mass is 10.2. The molecule has 2 aliphatic rings. The molecule has 1 fully saturated rings. The Hall–Kier alpha value is -4.42. The molecule has 0 bridgehead atoms. The van der Waals surface area contributed by atoms with Crippen LogP contribution in [0.4, 0.5) is 19.4 Å². The van der Waals surface area contributed by atoms with Crippen LogP contribution in [0, 0.1) is 6.92 Å². The molecule has 34 heavy (non-hydrogen) atoms. The number of nitrogens with zero attached hydrogens (tertiary/aromatic N) is 7. The normalized spacial score (nSPS) is 15.5. The van der Waals surface area contributed by atoms with Gasteiger partial charge in [0.25, 0.3) is 12.3 Å². The van der Waals surface area contributed by atoms with Crippen molar-refractivity contribution in [3.8, 4) is 11.6 Å². The largest absolute Gasteiger partial charge is 0.470 e. The van der Waals surface area contributed by atoms with Crippen LogP contribution in [0.3, 0.4) is 0 Å². The Morgan fingerprint density at radius 3 is 2.56 bits per heavy atom. The van der Waals surface area contributed by atoms with Crippen molar-refractivity contribution in [2.24, 2.45) is 0 Å². The van der Waals surface area contributed by atoms with Crippen LogP contribution in [0.15, 0.2) is 48.3 Å². The van der Waals surface area contributed by atoms with Crippen LogP contribution in [-0.4, -0.2) is 55.1 Å². The molecular weight excluding hydrogens is 450 g/mol. The van der Waals surface area contributed by atoms with Gasteiger partial charge in [-0.05, 0) is 25.1 Å². The summed E-state index contributed by atoms with van der Waals surface area (Å²) in [4.78, 5) is 26.7. The van der Waals surface area contributed by atoms with Gasteiger partial charge in [0.1, 0.15) is 18.0 Å². The Labute approximate surface area is 191 Å². The first kappa shape index (κ1) is 21.4. The fourth-order valence-corrected chi connectivity index (χ4v) is 3.61. The summed E-state index contributed by atoms with van der Waals surface area (Å²) in [6.07, 6.45) is -0.991. The van der Waals surface area contributed by atoms with Gasteiger partial charge in [0.2, 0.25) is 5.88 Å². The van der Waals surface area contributed by atoms with Crippen LogP contribution in [-0.2, 0) is 11.4 Å². The van der Waals surface area contributed by atoms with Gasteiger partial charge in [0.15, 0.2) is 5.82 Å². The molecule has 3 aromatic rings. The number of hydrogen-bond acceptors (Lipinski definition) is 8. The Kier molecular flexibility index (Phi) is 5.36. The molecule has 4 heterocycles. The Morgan fingerprint density at radius 1 is 1.06 bits per heavy atom. The molecule has 0 saturated carbocycles. The minimum atomic E-state index is -2.55. The van der Waals surface area contributed by atoms with E-state index in [9.17, 15) is 18.4 Å². The van der Waals surface area contributed by atoms with Gasteiger partial charge in [-0.25, -0.2) is 18.3 Å². The first-order valence-electron chi connectivity index (χ1n) is 10.3. The van der Waals surface area contributed by atoms with Gasteiger partial charge in [-0.3, -0.25) is 15.0 Å². The fraction of sp³-hybridized carbons (Fsp3) is 0.238. The van der Waals surface area contributed by atoms with E-state index in [1.807, 2.05) is 0 Å². The number of aromatic nitrogens is 5. The molecule has 3 amide bonds. The summed E-state index contributed by atoms with van der Waals surface area (Å²) in [6, 6.07) is 8.65. The molecule has 13 heteroatoms. The van der Waals surface area contributed by atoms with Gasteiger partial charge in [0.05, 0.1) is 11.4 Å². The summed E-state index contributed by atoms with van der Waals surface area (Å²) >= 11 is 0. The van der Waals surface area contributed by atoms with Crippen molar-refractivity contribution in [1.82, 2.24) is 35.4 Å². The van der Waals surface area contributed by atoms with E-state index < -0.39 is 18.4 Å². The predicted octanol–water partition coefficient (Wildman–Crippen LogP) is 2.10. The number of benzene rings is 1. The maximum absolute atomic E-state index is 12.8. The smallest absolute Gasteiger partial charge is 0.329 e. The summed E-state index contributed by atoms with van der Waals surface area (Å²) in [5.41, 5.74) is 2.01. The Morgan fingerprint density at radius 2 is 1.85 bits per heavy atom. The molecule has 174 valence electrons. The number of aryl methyl sites for hydroxylation is 1. The van der Waals surface area contributed by atoms with Gasteiger partial charge >= 0.3 is 6.03 Å². The zero-order valence-electron chi connectivity index (χ0n) is 17.9. The zero-order valence-corrected chi connectivity index (χ0v) is 17.9. The van der Waals surface area contributed by atoms with E-state index in [4.69, 9.17) is 4.74 Å². The lowest BCUT2D eigenvalue weighted by Crippen LogP contribution is -2.39. The third-order valence-electron chi connectivity index (χ3n) is 5.46. The van der Waals surface area contributed by atoms with E-state index in [2.05, 4.69) is 25.8 Å². The molecule has 0 atom stereocenters. The summed E-state index contributed by atoms with van der Waals surface area (Å²) in [5, 5.41) is 18.6. The number of amides is 3. The number of carbonyl (C=O) groups is 2. The molecule has 1 N–H and O–H groups in total. The second-order valence-electron chi connectivity index (χ2n) is 7.56. The number of imide groups is 1. The molecule has 5 rings (SSSR count).